The standard InChI is InChI=1S/C34H49N5O4/c1-33(2,3)25-15-17-27(18-16-25)39(31(41)28-23-37(7)20-21-38(28)32(42)43-34(4,5)6)29(24-12-11-19-35-22-24)30(40)36-26-13-9-8-10-14-26/h11-12,15-19,22,26,28-29H,8-10,13-14,20-21,23H2,1-7H3,(H,36,40). The molecule has 1 saturated carbocycles. The average molecular weight is 592 g/mol. The van der Waals surface area contributed by atoms with E-state index in [4.69, 9.17) is 4.74 Å². The molecule has 2 fully saturated rings. The molecular formula is C34H49N5O4. The summed E-state index contributed by atoms with van der Waals surface area (Å²) >= 11 is 0. The van der Waals surface area contributed by atoms with Crippen molar-refractivity contribution in [2.75, 3.05) is 31.6 Å². The fourth-order valence-electron chi connectivity index (χ4n) is 5.84. The van der Waals surface area contributed by atoms with Gasteiger partial charge in [0.05, 0.1) is 0 Å². The highest BCUT2D eigenvalue weighted by Crippen LogP contribution is 2.33. The first-order valence-electron chi connectivity index (χ1n) is 15.6. The van der Waals surface area contributed by atoms with E-state index in [1.54, 1.807) is 23.4 Å². The third-order valence-electron chi connectivity index (χ3n) is 8.20. The number of pyridine rings is 1. The molecular weight excluding hydrogens is 542 g/mol. The maximum absolute atomic E-state index is 14.9. The lowest BCUT2D eigenvalue weighted by molar-refractivity contribution is -0.130. The third-order valence-corrected chi connectivity index (χ3v) is 8.20. The molecule has 43 heavy (non-hydrogen) atoms. The van der Waals surface area contributed by atoms with Crippen LogP contribution in [0.25, 0.3) is 0 Å². The zero-order valence-corrected chi connectivity index (χ0v) is 26.9. The highest BCUT2D eigenvalue weighted by molar-refractivity contribution is 6.04. The van der Waals surface area contributed by atoms with E-state index < -0.39 is 23.8 Å². The Hall–Kier alpha value is -3.46. The quantitative estimate of drug-likeness (QED) is 0.480. The van der Waals surface area contributed by atoms with E-state index in [2.05, 4.69) is 31.1 Å². The molecule has 9 heteroatoms. The van der Waals surface area contributed by atoms with Gasteiger partial charge in [0, 0.05) is 49.3 Å². The normalized spacial score (nSPS) is 19.4. The largest absolute Gasteiger partial charge is 0.444 e. The summed E-state index contributed by atoms with van der Waals surface area (Å²) in [6, 6.07) is 9.67. The number of nitrogens with zero attached hydrogens (tertiary/aromatic N) is 4. The second kappa shape index (κ2) is 13.5. The second-order valence-electron chi connectivity index (χ2n) is 14.0. The van der Waals surface area contributed by atoms with E-state index in [1.807, 2.05) is 63.1 Å². The van der Waals surface area contributed by atoms with Crippen molar-refractivity contribution in [3.8, 4) is 0 Å². The minimum Gasteiger partial charge on any atom is -0.444 e. The van der Waals surface area contributed by atoms with Crippen LogP contribution in [0.3, 0.4) is 0 Å². The van der Waals surface area contributed by atoms with Crippen molar-refractivity contribution in [1.29, 1.82) is 0 Å². The van der Waals surface area contributed by atoms with Gasteiger partial charge in [-0.2, -0.15) is 0 Å². The molecule has 1 aromatic heterocycles. The van der Waals surface area contributed by atoms with Crippen molar-refractivity contribution < 1.29 is 19.1 Å². The minimum atomic E-state index is -0.976. The van der Waals surface area contributed by atoms with Gasteiger partial charge in [-0.25, -0.2) is 4.79 Å². The van der Waals surface area contributed by atoms with Gasteiger partial charge < -0.3 is 15.0 Å². The van der Waals surface area contributed by atoms with Crippen LogP contribution in [0.1, 0.15) is 90.8 Å². The molecule has 2 atom stereocenters. The Bertz CT molecular complexity index is 1250. The van der Waals surface area contributed by atoms with Gasteiger partial charge in [0.25, 0.3) is 5.91 Å². The molecule has 0 radical (unpaired) electrons. The molecule has 1 aliphatic carbocycles. The van der Waals surface area contributed by atoms with Crippen molar-refractivity contribution in [3.63, 3.8) is 0 Å². The molecule has 1 N–H and O–H groups in total. The zero-order valence-electron chi connectivity index (χ0n) is 26.9. The summed E-state index contributed by atoms with van der Waals surface area (Å²) in [5, 5.41) is 3.26. The number of benzene rings is 1. The van der Waals surface area contributed by atoms with Crippen LogP contribution in [-0.2, 0) is 19.7 Å². The number of nitrogens with one attached hydrogen (secondary N) is 1. The number of amides is 3. The number of aromatic nitrogens is 1. The Morgan fingerprint density at radius 3 is 2.23 bits per heavy atom. The molecule has 4 rings (SSSR count). The Balaban J connectivity index is 1.81. The van der Waals surface area contributed by atoms with Gasteiger partial charge in [-0.15, -0.1) is 0 Å². The van der Waals surface area contributed by atoms with Gasteiger partial charge >= 0.3 is 6.09 Å². The molecule has 0 spiro atoms. The van der Waals surface area contributed by atoms with Crippen LogP contribution >= 0.6 is 0 Å². The monoisotopic (exact) mass is 591 g/mol. The molecule has 9 nitrogen and oxygen atoms in total. The minimum absolute atomic E-state index is 0.0553. The number of piperazine rings is 1. The number of anilines is 1. The van der Waals surface area contributed by atoms with Crippen LogP contribution < -0.4 is 10.2 Å². The summed E-state index contributed by atoms with van der Waals surface area (Å²) in [5.74, 6) is -0.588. The summed E-state index contributed by atoms with van der Waals surface area (Å²) in [6.45, 7) is 13.1. The van der Waals surface area contributed by atoms with Crippen LogP contribution in [0.4, 0.5) is 10.5 Å². The van der Waals surface area contributed by atoms with E-state index in [0.29, 0.717) is 30.9 Å². The Kier molecular flexibility index (Phi) is 10.2. The Morgan fingerprint density at radius 1 is 0.977 bits per heavy atom. The number of carbonyl (C=O) groups excluding carboxylic acids is 3. The molecule has 1 saturated heterocycles. The average Bonchev–Trinajstić information content (AvgIpc) is 2.95. The van der Waals surface area contributed by atoms with Crippen LogP contribution in [0.2, 0.25) is 0 Å². The lowest BCUT2D eigenvalue weighted by atomic mass is 9.87. The van der Waals surface area contributed by atoms with Crippen molar-refractivity contribution in [2.45, 2.75) is 103 Å². The summed E-state index contributed by atoms with van der Waals surface area (Å²) in [4.78, 5) is 52.0. The van der Waals surface area contributed by atoms with Gasteiger partial charge in [-0.3, -0.25) is 24.4 Å². The van der Waals surface area contributed by atoms with Gasteiger partial charge in [-0.05, 0) is 69.8 Å². The SMILES string of the molecule is CN1CCN(C(=O)OC(C)(C)C)C(C(=O)N(c2ccc(C(C)(C)C)cc2)C(C(=O)NC2CCCCC2)c2cccnc2)C1. The lowest BCUT2D eigenvalue weighted by Gasteiger charge is -2.43. The van der Waals surface area contributed by atoms with Crippen molar-refractivity contribution in [3.05, 3.63) is 59.9 Å². The highest BCUT2D eigenvalue weighted by Gasteiger charge is 2.43. The van der Waals surface area contributed by atoms with Crippen molar-refractivity contribution >= 4 is 23.6 Å². The second-order valence-corrected chi connectivity index (χ2v) is 14.0. The highest BCUT2D eigenvalue weighted by atomic mass is 16.6. The molecule has 1 aliphatic heterocycles. The summed E-state index contributed by atoms with van der Waals surface area (Å²) in [6.07, 6.45) is 7.90. The van der Waals surface area contributed by atoms with Gasteiger partial charge in [0.15, 0.2) is 0 Å². The third kappa shape index (κ3) is 8.34. The Morgan fingerprint density at radius 2 is 1.65 bits per heavy atom. The molecule has 2 aromatic rings. The first kappa shape index (κ1) is 32.5. The molecule has 1 aromatic carbocycles. The van der Waals surface area contributed by atoms with Gasteiger partial charge in [0.2, 0.25) is 5.91 Å². The molecule has 234 valence electrons. The number of hydrogen-bond donors (Lipinski definition) is 1. The summed E-state index contributed by atoms with van der Waals surface area (Å²) < 4.78 is 5.73. The van der Waals surface area contributed by atoms with E-state index in [1.165, 1.54) is 11.3 Å². The predicted molar refractivity (Wildman–Crippen MR) is 169 cm³/mol. The molecule has 2 aliphatic rings. The van der Waals surface area contributed by atoms with Crippen LogP contribution in [0.15, 0.2) is 48.8 Å². The van der Waals surface area contributed by atoms with Crippen LogP contribution in [0, 0.1) is 0 Å². The molecule has 2 heterocycles. The fourth-order valence-corrected chi connectivity index (χ4v) is 5.84. The first-order chi connectivity index (χ1) is 20.2. The van der Waals surface area contributed by atoms with Gasteiger partial charge in [0.1, 0.15) is 17.7 Å². The lowest BCUT2D eigenvalue weighted by Crippen LogP contribution is -2.62. The zero-order chi connectivity index (χ0) is 31.4. The smallest absolute Gasteiger partial charge is 0.411 e. The topological polar surface area (TPSA) is 95.1 Å². The number of ether oxygens (including phenoxy) is 1. The molecule has 3 amide bonds. The van der Waals surface area contributed by atoms with Crippen LogP contribution in [0.5, 0.6) is 0 Å². The van der Waals surface area contributed by atoms with Crippen molar-refractivity contribution in [2.24, 2.45) is 0 Å². The van der Waals surface area contributed by atoms with E-state index in [-0.39, 0.29) is 23.3 Å². The number of rotatable bonds is 6. The van der Waals surface area contributed by atoms with E-state index >= 15 is 0 Å². The summed E-state index contributed by atoms with van der Waals surface area (Å²) in [7, 11) is 1.93. The number of likely N-dealkylation sites (N-methyl/N-ethyl adjacent to an activating group) is 1. The van der Waals surface area contributed by atoms with Gasteiger partial charge in [-0.1, -0.05) is 58.2 Å². The Labute approximate surface area is 257 Å². The van der Waals surface area contributed by atoms with Crippen LogP contribution in [-0.4, -0.2) is 77.1 Å². The predicted octanol–water partition coefficient (Wildman–Crippen LogP) is 5.45. The first-order valence-corrected chi connectivity index (χ1v) is 15.6. The van der Waals surface area contributed by atoms with E-state index in [0.717, 1.165) is 31.2 Å². The summed E-state index contributed by atoms with van der Waals surface area (Å²) in [5.41, 5.74) is 1.50. The number of hydrogen-bond acceptors (Lipinski definition) is 6. The van der Waals surface area contributed by atoms with Crippen molar-refractivity contribution in [1.82, 2.24) is 20.1 Å². The molecule has 2 unspecified atom stereocenters. The maximum Gasteiger partial charge on any atom is 0.411 e. The maximum atomic E-state index is 14.9. The van der Waals surface area contributed by atoms with E-state index in [9.17, 15) is 14.4 Å². The molecule has 0 bridgehead atoms. The number of carbonyl (C=O) groups is 3. The fraction of sp³-hybridized carbons (Fsp3) is 0.588.